The molecule has 1 aromatic heterocycles. The first-order chi connectivity index (χ1) is 5.36. The molecule has 0 radical (unpaired) electrons. The van der Waals surface area contributed by atoms with Crippen LogP contribution in [-0.2, 0) is 4.74 Å². The molecule has 0 bridgehead atoms. The molecule has 3 nitrogen and oxygen atoms in total. The highest BCUT2D eigenvalue weighted by atomic mass is 35.5. The maximum absolute atomic E-state index is 5.63. The number of hydrogen-bond acceptors (Lipinski definition) is 4. The van der Waals surface area contributed by atoms with E-state index in [9.17, 15) is 0 Å². The molecule has 2 rings (SSSR count). The second kappa shape index (κ2) is 3.05. The van der Waals surface area contributed by atoms with Crippen molar-refractivity contribution in [1.82, 2.24) is 10.2 Å². The van der Waals surface area contributed by atoms with E-state index in [-0.39, 0.29) is 6.10 Å². The Morgan fingerprint density at radius 1 is 1.55 bits per heavy atom. The van der Waals surface area contributed by atoms with Crippen LogP contribution in [0.3, 0.4) is 0 Å². The number of aromatic nitrogens is 2. The number of nitrogens with zero attached hydrogens (tertiary/aromatic N) is 2. The minimum Gasteiger partial charge on any atom is -0.371 e. The maximum atomic E-state index is 5.63. The fraction of sp³-hybridized carbons (Fsp3) is 0.667. The number of rotatable bonds is 1. The average molecular weight is 191 g/mol. The lowest BCUT2D eigenvalue weighted by Gasteiger charge is -2.01. The molecule has 1 aromatic rings. The molecule has 60 valence electrons. The van der Waals surface area contributed by atoms with Crippen molar-refractivity contribution in [3.8, 4) is 0 Å². The largest absolute Gasteiger partial charge is 0.371 e. The zero-order chi connectivity index (χ0) is 7.68. The molecule has 1 aliphatic heterocycles. The first kappa shape index (κ1) is 7.46. The molecule has 1 fully saturated rings. The summed E-state index contributed by atoms with van der Waals surface area (Å²) in [6.07, 6.45) is 2.31. The van der Waals surface area contributed by atoms with Crippen LogP contribution >= 0.6 is 22.9 Å². The Labute approximate surface area is 73.4 Å². The summed E-state index contributed by atoms with van der Waals surface area (Å²) < 4.78 is 5.90. The number of halogens is 1. The predicted octanol–water partition coefficient (Wildman–Crippen LogP) is 2.04. The van der Waals surface area contributed by atoms with Crippen LogP contribution in [-0.4, -0.2) is 16.8 Å². The monoisotopic (exact) mass is 190 g/mol. The molecule has 1 aliphatic rings. The topological polar surface area (TPSA) is 35.0 Å². The normalized spacial score (nSPS) is 24.3. The van der Waals surface area contributed by atoms with Crippen LogP contribution in [0, 0.1) is 0 Å². The van der Waals surface area contributed by atoms with Gasteiger partial charge in [-0.05, 0) is 24.4 Å². The Balaban J connectivity index is 2.15. The molecule has 11 heavy (non-hydrogen) atoms. The molecule has 1 atom stereocenters. The summed E-state index contributed by atoms with van der Waals surface area (Å²) in [5, 5.41) is 8.53. The van der Waals surface area contributed by atoms with Gasteiger partial charge in [-0.25, -0.2) is 0 Å². The van der Waals surface area contributed by atoms with Crippen molar-refractivity contribution in [2.24, 2.45) is 0 Å². The molecule has 0 aromatic carbocycles. The van der Waals surface area contributed by atoms with Crippen molar-refractivity contribution >= 4 is 22.9 Å². The van der Waals surface area contributed by atoms with E-state index in [1.54, 1.807) is 0 Å². The second-order valence-electron chi connectivity index (χ2n) is 2.39. The van der Waals surface area contributed by atoms with Gasteiger partial charge in [0.15, 0.2) is 0 Å². The molecule has 1 saturated heterocycles. The molecule has 0 spiro atoms. The van der Waals surface area contributed by atoms with Crippen molar-refractivity contribution in [2.75, 3.05) is 6.61 Å². The third-order valence-electron chi connectivity index (χ3n) is 1.62. The molecule has 1 unspecified atom stereocenters. The first-order valence-corrected chi connectivity index (χ1v) is 4.66. The van der Waals surface area contributed by atoms with Crippen molar-refractivity contribution < 1.29 is 4.74 Å². The molecule has 0 saturated carbocycles. The van der Waals surface area contributed by atoms with Gasteiger partial charge in [-0.15, -0.1) is 10.2 Å². The van der Waals surface area contributed by atoms with Crippen molar-refractivity contribution in [3.63, 3.8) is 0 Å². The summed E-state index contributed by atoms with van der Waals surface area (Å²) in [5.41, 5.74) is 0. The highest BCUT2D eigenvalue weighted by molar-refractivity contribution is 7.15. The number of hydrogen-bond donors (Lipinski definition) is 0. The number of ether oxygens (including phenoxy) is 1. The van der Waals surface area contributed by atoms with Crippen LogP contribution < -0.4 is 0 Å². The van der Waals surface area contributed by atoms with E-state index < -0.39 is 0 Å². The average Bonchev–Trinajstić information content (AvgIpc) is 2.55. The van der Waals surface area contributed by atoms with E-state index in [0.717, 1.165) is 24.5 Å². The van der Waals surface area contributed by atoms with Gasteiger partial charge in [0, 0.05) is 6.61 Å². The van der Waals surface area contributed by atoms with Crippen molar-refractivity contribution in [3.05, 3.63) is 9.47 Å². The Morgan fingerprint density at radius 3 is 3.00 bits per heavy atom. The van der Waals surface area contributed by atoms with Gasteiger partial charge >= 0.3 is 0 Å². The van der Waals surface area contributed by atoms with Crippen LogP contribution in [0.4, 0.5) is 0 Å². The van der Waals surface area contributed by atoms with Gasteiger partial charge in [0.2, 0.25) is 4.47 Å². The van der Waals surface area contributed by atoms with E-state index >= 15 is 0 Å². The fourth-order valence-electron chi connectivity index (χ4n) is 1.12. The highest BCUT2D eigenvalue weighted by Gasteiger charge is 2.21. The second-order valence-corrected chi connectivity index (χ2v) is 3.99. The summed E-state index contributed by atoms with van der Waals surface area (Å²) in [4.78, 5) is 0. The van der Waals surface area contributed by atoms with Gasteiger partial charge in [0.1, 0.15) is 11.1 Å². The Bertz CT molecular complexity index is 246. The zero-order valence-corrected chi connectivity index (χ0v) is 7.36. The van der Waals surface area contributed by atoms with Gasteiger partial charge < -0.3 is 4.74 Å². The standard InChI is InChI=1S/C6H7ClN2OS/c7-6-9-8-5(11-6)4-2-1-3-10-4/h4H,1-3H2. The Hall–Kier alpha value is -0.190. The summed E-state index contributed by atoms with van der Waals surface area (Å²) in [7, 11) is 0. The molecule has 0 aliphatic carbocycles. The molecular formula is C6H7ClN2OS. The van der Waals surface area contributed by atoms with E-state index in [1.807, 2.05) is 0 Å². The molecule has 2 heterocycles. The smallest absolute Gasteiger partial charge is 0.207 e. The summed E-state index contributed by atoms with van der Waals surface area (Å²) >= 11 is 7.03. The van der Waals surface area contributed by atoms with Crippen LogP contribution in [0.25, 0.3) is 0 Å². The summed E-state index contributed by atoms with van der Waals surface area (Å²) in [6, 6.07) is 0. The lowest BCUT2D eigenvalue weighted by Crippen LogP contribution is -1.93. The van der Waals surface area contributed by atoms with E-state index in [2.05, 4.69) is 10.2 Å². The molecule has 0 amide bonds. The van der Waals surface area contributed by atoms with Gasteiger partial charge in [0.25, 0.3) is 0 Å². The maximum Gasteiger partial charge on any atom is 0.207 e. The Morgan fingerprint density at radius 2 is 2.45 bits per heavy atom. The van der Waals surface area contributed by atoms with E-state index in [0.29, 0.717) is 4.47 Å². The van der Waals surface area contributed by atoms with Gasteiger partial charge in [-0.2, -0.15) is 0 Å². The third-order valence-corrected chi connectivity index (χ3v) is 2.73. The summed E-state index contributed by atoms with van der Waals surface area (Å²) in [5.74, 6) is 0. The van der Waals surface area contributed by atoms with Gasteiger partial charge in [-0.3, -0.25) is 0 Å². The molecule has 0 N–H and O–H groups in total. The van der Waals surface area contributed by atoms with Crippen LogP contribution in [0.15, 0.2) is 0 Å². The van der Waals surface area contributed by atoms with E-state index in [1.165, 1.54) is 11.3 Å². The van der Waals surface area contributed by atoms with Crippen LogP contribution in [0.5, 0.6) is 0 Å². The zero-order valence-electron chi connectivity index (χ0n) is 5.79. The SMILES string of the molecule is Clc1nnc(C2CCCO2)s1. The minimum absolute atomic E-state index is 0.153. The minimum atomic E-state index is 0.153. The Kier molecular flexibility index (Phi) is 2.07. The van der Waals surface area contributed by atoms with Gasteiger partial charge in [0.05, 0.1) is 0 Å². The highest BCUT2D eigenvalue weighted by Crippen LogP contribution is 2.31. The van der Waals surface area contributed by atoms with Crippen molar-refractivity contribution in [2.45, 2.75) is 18.9 Å². The lowest BCUT2D eigenvalue weighted by molar-refractivity contribution is 0.111. The lowest BCUT2D eigenvalue weighted by atomic mass is 10.2. The van der Waals surface area contributed by atoms with Gasteiger partial charge in [-0.1, -0.05) is 11.3 Å². The predicted molar refractivity (Wildman–Crippen MR) is 42.8 cm³/mol. The van der Waals surface area contributed by atoms with Crippen LogP contribution in [0.2, 0.25) is 4.47 Å². The van der Waals surface area contributed by atoms with E-state index in [4.69, 9.17) is 16.3 Å². The fourth-order valence-corrected chi connectivity index (χ4v) is 2.05. The van der Waals surface area contributed by atoms with Crippen molar-refractivity contribution in [1.29, 1.82) is 0 Å². The summed E-state index contributed by atoms with van der Waals surface area (Å²) in [6.45, 7) is 0.835. The van der Waals surface area contributed by atoms with Crippen LogP contribution in [0.1, 0.15) is 24.0 Å². The molecule has 5 heteroatoms. The third kappa shape index (κ3) is 1.52. The first-order valence-electron chi connectivity index (χ1n) is 3.47. The molecular weight excluding hydrogens is 184 g/mol. The quantitative estimate of drug-likeness (QED) is 0.680.